The number of carbonyl (C=O) groups is 1. The number of nitriles is 1. The minimum atomic E-state index is -0.602. The Morgan fingerprint density at radius 1 is 1.00 bits per heavy atom. The highest BCUT2D eigenvalue weighted by Gasteiger charge is 2.11. The fourth-order valence-electron chi connectivity index (χ4n) is 2.93. The van der Waals surface area contributed by atoms with Crippen LogP contribution in [0.5, 0.6) is 11.5 Å². The van der Waals surface area contributed by atoms with E-state index in [0.717, 1.165) is 10.8 Å². The van der Waals surface area contributed by atoms with E-state index in [1.54, 1.807) is 18.2 Å². The van der Waals surface area contributed by atoms with E-state index in [-0.39, 0.29) is 17.1 Å². The molecule has 4 aromatic rings. The normalized spacial score (nSPS) is 10.3. The Bertz CT molecular complexity index is 1270. The van der Waals surface area contributed by atoms with Gasteiger partial charge in [0.15, 0.2) is 5.82 Å². The average Bonchev–Trinajstić information content (AvgIpc) is 2.78. The van der Waals surface area contributed by atoms with Gasteiger partial charge in [-0.25, -0.2) is 14.4 Å². The van der Waals surface area contributed by atoms with E-state index >= 15 is 0 Å². The standard InChI is InChI=1S/C23H15FN4O2/c24-22-13-20(30-21-9-10-26-18(12-21)14-25)7-8-23(22)27-28(15-29)19-6-5-16-3-1-2-4-17(16)11-19/h1-13,15,27H. The molecule has 1 aromatic heterocycles. The van der Waals surface area contributed by atoms with E-state index in [1.165, 1.54) is 29.4 Å². The molecule has 0 radical (unpaired) electrons. The maximum absolute atomic E-state index is 14.6. The van der Waals surface area contributed by atoms with Crippen LogP contribution in [0.2, 0.25) is 0 Å². The Morgan fingerprint density at radius 2 is 1.80 bits per heavy atom. The van der Waals surface area contributed by atoms with Crippen molar-refractivity contribution < 1.29 is 13.9 Å². The van der Waals surface area contributed by atoms with Gasteiger partial charge in [0.25, 0.3) is 0 Å². The number of nitrogens with one attached hydrogen (secondary N) is 1. The molecule has 4 rings (SSSR count). The minimum Gasteiger partial charge on any atom is -0.457 e. The Kier molecular flexibility index (Phi) is 5.22. The summed E-state index contributed by atoms with van der Waals surface area (Å²) >= 11 is 0. The predicted octanol–water partition coefficient (Wildman–Crippen LogP) is 5.03. The topological polar surface area (TPSA) is 78.2 Å². The molecule has 146 valence electrons. The van der Waals surface area contributed by atoms with E-state index in [4.69, 9.17) is 10.00 Å². The number of hydrazine groups is 1. The number of aromatic nitrogens is 1. The highest BCUT2D eigenvalue weighted by molar-refractivity contribution is 5.89. The first-order valence-electron chi connectivity index (χ1n) is 9.00. The number of hydrogen-bond donors (Lipinski definition) is 1. The van der Waals surface area contributed by atoms with Gasteiger partial charge in [0.05, 0.1) is 11.4 Å². The molecule has 0 aliphatic carbocycles. The van der Waals surface area contributed by atoms with Crippen molar-refractivity contribution in [1.29, 1.82) is 5.26 Å². The van der Waals surface area contributed by atoms with Crippen LogP contribution in [-0.2, 0) is 4.79 Å². The molecule has 0 saturated carbocycles. The van der Waals surface area contributed by atoms with Crippen molar-refractivity contribution in [3.05, 3.63) is 90.5 Å². The molecule has 1 heterocycles. The van der Waals surface area contributed by atoms with E-state index in [9.17, 15) is 9.18 Å². The monoisotopic (exact) mass is 398 g/mol. The summed E-state index contributed by atoms with van der Waals surface area (Å²) in [4.78, 5) is 15.5. The zero-order valence-electron chi connectivity index (χ0n) is 15.6. The molecule has 0 spiro atoms. The van der Waals surface area contributed by atoms with Crippen molar-refractivity contribution in [2.24, 2.45) is 0 Å². The lowest BCUT2D eigenvalue weighted by Crippen LogP contribution is -2.28. The SMILES string of the molecule is N#Cc1cc(Oc2ccc(NN(C=O)c3ccc4ccccc4c3)c(F)c2)ccn1. The van der Waals surface area contributed by atoms with Gasteiger partial charge in [0, 0.05) is 18.3 Å². The van der Waals surface area contributed by atoms with Crippen LogP contribution in [0.1, 0.15) is 5.69 Å². The number of rotatable bonds is 6. The van der Waals surface area contributed by atoms with Gasteiger partial charge in [0.1, 0.15) is 23.3 Å². The van der Waals surface area contributed by atoms with Crippen LogP contribution in [0.4, 0.5) is 15.8 Å². The van der Waals surface area contributed by atoms with E-state index in [2.05, 4.69) is 10.4 Å². The molecular weight excluding hydrogens is 383 g/mol. The summed E-state index contributed by atoms with van der Waals surface area (Å²) < 4.78 is 20.2. The molecule has 0 aliphatic heterocycles. The Hall–Kier alpha value is -4.44. The lowest BCUT2D eigenvalue weighted by molar-refractivity contribution is -0.107. The van der Waals surface area contributed by atoms with Crippen LogP contribution in [0.3, 0.4) is 0 Å². The summed E-state index contributed by atoms with van der Waals surface area (Å²) in [6.45, 7) is 0. The maximum atomic E-state index is 14.6. The molecule has 30 heavy (non-hydrogen) atoms. The van der Waals surface area contributed by atoms with Crippen LogP contribution < -0.4 is 15.2 Å². The highest BCUT2D eigenvalue weighted by atomic mass is 19.1. The van der Waals surface area contributed by atoms with Gasteiger partial charge < -0.3 is 4.74 Å². The van der Waals surface area contributed by atoms with E-state index in [1.807, 2.05) is 42.5 Å². The second kappa shape index (κ2) is 8.29. The maximum Gasteiger partial charge on any atom is 0.232 e. The second-order valence-corrected chi connectivity index (χ2v) is 6.35. The lowest BCUT2D eigenvalue weighted by Gasteiger charge is -2.21. The Balaban J connectivity index is 1.54. The highest BCUT2D eigenvalue weighted by Crippen LogP contribution is 2.27. The van der Waals surface area contributed by atoms with Gasteiger partial charge in [-0.15, -0.1) is 0 Å². The number of carbonyl (C=O) groups excluding carboxylic acids is 1. The number of halogens is 1. The van der Waals surface area contributed by atoms with Crippen molar-refractivity contribution in [3.63, 3.8) is 0 Å². The van der Waals surface area contributed by atoms with Crippen molar-refractivity contribution >= 4 is 28.6 Å². The van der Waals surface area contributed by atoms with Crippen molar-refractivity contribution in [2.45, 2.75) is 0 Å². The summed E-state index contributed by atoms with van der Waals surface area (Å²) in [6, 6.07) is 22.4. The average molecular weight is 398 g/mol. The molecule has 1 amide bonds. The molecule has 0 saturated heterocycles. The lowest BCUT2D eigenvalue weighted by atomic mass is 10.1. The summed E-state index contributed by atoms with van der Waals surface area (Å²) in [7, 11) is 0. The fraction of sp³-hybridized carbons (Fsp3) is 0. The van der Waals surface area contributed by atoms with Gasteiger partial charge in [-0.05, 0) is 41.1 Å². The summed E-state index contributed by atoms with van der Waals surface area (Å²) in [5.41, 5.74) is 3.65. The van der Waals surface area contributed by atoms with Crippen LogP contribution >= 0.6 is 0 Å². The molecule has 0 bridgehead atoms. The smallest absolute Gasteiger partial charge is 0.232 e. The van der Waals surface area contributed by atoms with Crippen LogP contribution in [-0.4, -0.2) is 11.4 Å². The zero-order valence-corrected chi connectivity index (χ0v) is 15.6. The molecule has 3 aromatic carbocycles. The van der Waals surface area contributed by atoms with E-state index in [0.29, 0.717) is 17.8 Å². The number of nitrogens with zero attached hydrogens (tertiary/aromatic N) is 3. The molecule has 1 N–H and O–H groups in total. The molecular formula is C23H15FN4O2. The fourth-order valence-corrected chi connectivity index (χ4v) is 2.93. The number of pyridine rings is 1. The first kappa shape index (κ1) is 18.9. The molecule has 0 aliphatic rings. The molecule has 0 atom stereocenters. The van der Waals surface area contributed by atoms with Gasteiger partial charge in [-0.1, -0.05) is 30.3 Å². The summed E-state index contributed by atoms with van der Waals surface area (Å²) in [5.74, 6) is 0.0125. The third-order valence-electron chi connectivity index (χ3n) is 4.38. The number of hydrogen-bond acceptors (Lipinski definition) is 5. The molecule has 7 heteroatoms. The number of anilines is 2. The number of amides is 1. The zero-order chi connectivity index (χ0) is 20.9. The van der Waals surface area contributed by atoms with Gasteiger partial charge in [0.2, 0.25) is 6.41 Å². The Labute approximate surface area is 171 Å². The summed E-state index contributed by atoms with van der Waals surface area (Å²) in [5, 5.41) is 12.1. The Morgan fingerprint density at radius 3 is 2.57 bits per heavy atom. The van der Waals surface area contributed by atoms with Crippen molar-refractivity contribution in [3.8, 4) is 17.6 Å². The van der Waals surface area contributed by atoms with E-state index < -0.39 is 5.82 Å². The third kappa shape index (κ3) is 4.03. The minimum absolute atomic E-state index is 0.107. The number of ether oxygens (including phenoxy) is 1. The van der Waals surface area contributed by atoms with Crippen LogP contribution in [0, 0.1) is 17.1 Å². The van der Waals surface area contributed by atoms with Crippen molar-refractivity contribution in [2.75, 3.05) is 10.4 Å². The second-order valence-electron chi connectivity index (χ2n) is 6.35. The quantitative estimate of drug-likeness (QED) is 0.364. The number of fused-ring (bicyclic) bond motifs is 1. The first-order valence-corrected chi connectivity index (χ1v) is 9.00. The molecule has 6 nitrogen and oxygen atoms in total. The van der Waals surface area contributed by atoms with Crippen LogP contribution in [0.15, 0.2) is 79.0 Å². The van der Waals surface area contributed by atoms with Crippen molar-refractivity contribution in [1.82, 2.24) is 4.98 Å². The molecule has 0 fully saturated rings. The predicted molar refractivity (Wildman–Crippen MR) is 112 cm³/mol. The van der Waals surface area contributed by atoms with Gasteiger partial charge in [-0.2, -0.15) is 5.26 Å². The van der Waals surface area contributed by atoms with Gasteiger partial charge in [-0.3, -0.25) is 10.2 Å². The molecule has 0 unspecified atom stereocenters. The van der Waals surface area contributed by atoms with Gasteiger partial charge >= 0.3 is 0 Å². The van der Waals surface area contributed by atoms with Crippen LogP contribution in [0.25, 0.3) is 10.8 Å². The largest absolute Gasteiger partial charge is 0.457 e. The summed E-state index contributed by atoms with van der Waals surface area (Å²) in [6.07, 6.45) is 2.01. The number of benzene rings is 3. The third-order valence-corrected chi connectivity index (χ3v) is 4.38. The first-order chi connectivity index (χ1) is 14.7.